The minimum atomic E-state index is -0.839. The number of fused-ring (bicyclic) bond motifs is 1. The molecule has 4 aromatic rings. The van der Waals surface area contributed by atoms with Gasteiger partial charge >= 0.3 is 5.97 Å². The Balaban J connectivity index is 1.68. The highest BCUT2D eigenvalue weighted by Crippen LogP contribution is 2.39. The SMILES string of the molecule is Cn1c(-c2ccccc2)cc2c(-c3ccc(C(=O)O)c(C4CCCC4)c3)ccnc21. The highest BCUT2D eigenvalue weighted by molar-refractivity contribution is 5.98. The molecule has 150 valence electrons. The van der Waals surface area contributed by atoms with E-state index in [0.29, 0.717) is 11.5 Å². The number of nitrogens with zero attached hydrogens (tertiary/aromatic N) is 2. The molecule has 2 aromatic carbocycles. The number of aromatic nitrogens is 2. The van der Waals surface area contributed by atoms with Crippen molar-refractivity contribution in [3.05, 3.63) is 78.0 Å². The summed E-state index contributed by atoms with van der Waals surface area (Å²) in [4.78, 5) is 16.5. The van der Waals surface area contributed by atoms with Crippen LogP contribution >= 0.6 is 0 Å². The van der Waals surface area contributed by atoms with Crippen LogP contribution in [0.4, 0.5) is 0 Å². The van der Waals surface area contributed by atoms with Gasteiger partial charge in [0.25, 0.3) is 0 Å². The Labute approximate surface area is 175 Å². The Morgan fingerprint density at radius 1 is 1.00 bits per heavy atom. The predicted octanol–water partition coefficient (Wildman–Crippen LogP) is 6.26. The first-order valence-corrected chi connectivity index (χ1v) is 10.5. The van der Waals surface area contributed by atoms with Gasteiger partial charge in [-0.3, -0.25) is 0 Å². The zero-order valence-electron chi connectivity index (χ0n) is 17.0. The lowest BCUT2D eigenvalue weighted by molar-refractivity contribution is 0.0695. The van der Waals surface area contributed by atoms with Gasteiger partial charge in [0.05, 0.1) is 11.3 Å². The lowest BCUT2D eigenvalue weighted by Gasteiger charge is -2.15. The van der Waals surface area contributed by atoms with Crippen LogP contribution in [0.15, 0.2) is 66.9 Å². The first-order valence-electron chi connectivity index (χ1n) is 10.5. The molecular weight excluding hydrogens is 372 g/mol. The van der Waals surface area contributed by atoms with Crippen molar-refractivity contribution in [2.24, 2.45) is 7.05 Å². The molecule has 0 bridgehead atoms. The fourth-order valence-corrected chi connectivity index (χ4v) is 4.86. The number of hydrogen-bond donors (Lipinski definition) is 1. The van der Waals surface area contributed by atoms with Gasteiger partial charge in [0, 0.05) is 18.6 Å². The second kappa shape index (κ2) is 7.45. The summed E-state index contributed by atoms with van der Waals surface area (Å²) in [5, 5.41) is 10.8. The summed E-state index contributed by atoms with van der Waals surface area (Å²) in [6, 6.07) is 20.3. The minimum absolute atomic E-state index is 0.337. The van der Waals surface area contributed by atoms with Gasteiger partial charge in [-0.1, -0.05) is 49.2 Å². The van der Waals surface area contributed by atoms with E-state index in [2.05, 4.69) is 33.8 Å². The molecular formula is C26H24N2O2. The Kier molecular flexibility index (Phi) is 4.62. The number of hydrogen-bond acceptors (Lipinski definition) is 2. The van der Waals surface area contributed by atoms with E-state index in [1.165, 1.54) is 12.8 Å². The van der Waals surface area contributed by atoms with E-state index in [9.17, 15) is 9.90 Å². The van der Waals surface area contributed by atoms with Gasteiger partial charge in [0.1, 0.15) is 5.65 Å². The Hall–Kier alpha value is -3.40. The molecule has 0 spiro atoms. The topological polar surface area (TPSA) is 55.1 Å². The van der Waals surface area contributed by atoms with Crippen molar-refractivity contribution in [3.8, 4) is 22.4 Å². The van der Waals surface area contributed by atoms with E-state index >= 15 is 0 Å². The van der Waals surface area contributed by atoms with Crippen LogP contribution in [0.3, 0.4) is 0 Å². The molecule has 0 amide bonds. The Bertz CT molecular complexity index is 1230. The van der Waals surface area contributed by atoms with Crippen molar-refractivity contribution in [1.29, 1.82) is 0 Å². The summed E-state index contributed by atoms with van der Waals surface area (Å²) in [6.45, 7) is 0. The average molecular weight is 396 g/mol. The van der Waals surface area contributed by atoms with E-state index in [1.54, 1.807) is 6.07 Å². The highest BCUT2D eigenvalue weighted by atomic mass is 16.4. The molecule has 0 unspecified atom stereocenters. The van der Waals surface area contributed by atoms with Crippen molar-refractivity contribution in [2.45, 2.75) is 31.6 Å². The normalized spacial score (nSPS) is 14.4. The average Bonchev–Trinajstić information content (AvgIpc) is 3.42. The minimum Gasteiger partial charge on any atom is -0.478 e. The largest absolute Gasteiger partial charge is 0.478 e. The first kappa shape index (κ1) is 18.6. The second-order valence-electron chi connectivity index (χ2n) is 8.14. The third-order valence-corrected chi connectivity index (χ3v) is 6.39. The van der Waals surface area contributed by atoms with Crippen LogP contribution in [0.1, 0.15) is 47.5 Å². The number of carbonyl (C=O) groups is 1. The molecule has 0 aliphatic heterocycles. The molecule has 0 atom stereocenters. The van der Waals surface area contributed by atoms with Crippen LogP contribution in [0.5, 0.6) is 0 Å². The Morgan fingerprint density at radius 3 is 2.50 bits per heavy atom. The molecule has 4 nitrogen and oxygen atoms in total. The maximum atomic E-state index is 11.8. The maximum Gasteiger partial charge on any atom is 0.335 e. The summed E-state index contributed by atoms with van der Waals surface area (Å²) in [5.74, 6) is -0.501. The standard InChI is InChI=1S/C26H24N2O2/c1-28-24(18-9-3-2-4-10-18)16-23-20(13-14-27-25(23)28)19-11-12-21(26(29)30)22(15-19)17-7-5-6-8-17/h2-4,9-17H,5-8H2,1H3,(H,29,30). The number of aryl methyl sites for hydroxylation is 1. The van der Waals surface area contributed by atoms with Crippen LogP contribution in [-0.4, -0.2) is 20.6 Å². The van der Waals surface area contributed by atoms with Crippen molar-refractivity contribution >= 4 is 17.0 Å². The number of pyridine rings is 1. The highest BCUT2D eigenvalue weighted by Gasteiger charge is 2.23. The van der Waals surface area contributed by atoms with Gasteiger partial charge in [-0.15, -0.1) is 0 Å². The molecule has 4 heteroatoms. The van der Waals surface area contributed by atoms with Crippen molar-refractivity contribution in [1.82, 2.24) is 9.55 Å². The van der Waals surface area contributed by atoms with E-state index in [1.807, 2.05) is 43.6 Å². The maximum absolute atomic E-state index is 11.8. The lowest BCUT2D eigenvalue weighted by atomic mass is 9.89. The predicted molar refractivity (Wildman–Crippen MR) is 120 cm³/mol. The molecule has 5 rings (SSSR count). The zero-order chi connectivity index (χ0) is 20.7. The number of rotatable bonds is 4. The van der Waals surface area contributed by atoms with Crippen LogP contribution < -0.4 is 0 Å². The number of aromatic carboxylic acids is 1. The lowest BCUT2D eigenvalue weighted by Crippen LogP contribution is -2.05. The second-order valence-corrected chi connectivity index (χ2v) is 8.14. The fourth-order valence-electron chi connectivity index (χ4n) is 4.86. The third-order valence-electron chi connectivity index (χ3n) is 6.39. The molecule has 1 aliphatic rings. The van der Waals surface area contributed by atoms with Crippen molar-refractivity contribution < 1.29 is 9.90 Å². The fraction of sp³-hybridized carbons (Fsp3) is 0.231. The van der Waals surface area contributed by atoms with E-state index in [-0.39, 0.29) is 0 Å². The summed E-state index contributed by atoms with van der Waals surface area (Å²) in [6.07, 6.45) is 6.32. The molecule has 0 saturated heterocycles. The van der Waals surface area contributed by atoms with Crippen LogP contribution in [-0.2, 0) is 7.05 Å². The molecule has 1 fully saturated rings. The first-order chi connectivity index (χ1) is 14.6. The monoisotopic (exact) mass is 396 g/mol. The summed E-state index contributed by atoms with van der Waals surface area (Å²) >= 11 is 0. The molecule has 0 radical (unpaired) electrons. The third kappa shape index (κ3) is 3.09. The van der Waals surface area contributed by atoms with Gasteiger partial charge < -0.3 is 9.67 Å². The van der Waals surface area contributed by atoms with Crippen LogP contribution in [0.2, 0.25) is 0 Å². The van der Waals surface area contributed by atoms with Gasteiger partial charge in [-0.05, 0) is 65.3 Å². The van der Waals surface area contributed by atoms with Gasteiger partial charge in [0.2, 0.25) is 0 Å². The molecule has 1 aliphatic carbocycles. The quantitative estimate of drug-likeness (QED) is 0.443. The zero-order valence-corrected chi connectivity index (χ0v) is 17.0. The van der Waals surface area contributed by atoms with Crippen molar-refractivity contribution in [3.63, 3.8) is 0 Å². The summed E-state index contributed by atoms with van der Waals surface area (Å²) in [7, 11) is 2.04. The van der Waals surface area contributed by atoms with E-state index in [0.717, 1.165) is 51.8 Å². The van der Waals surface area contributed by atoms with E-state index < -0.39 is 5.97 Å². The van der Waals surface area contributed by atoms with Gasteiger partial charge in [-0.25, -0.2) is 9.78 Å². The Morgan fingerprint density at radius 2 is 1.77 bits per heavy atom. The van der Waals surface area contributed by atoms with Crippen LogP contribution in [0.25, 0.3) is 33.4 Å². The van der Waals surface area contributed by atoms with Gasteiger partial charge in [-0.2, -0.15) is 0 Å². The molecule has 30 heavy (non-hydrogen) atoms. The molecule has 1 saturated carbocycles. The smallest absolute Gasteiger partial charge is 0.335 e. The molecule has 2 heterocycles. The number of carboxylic acid groups (broad SMARTS) is 1. The number of benzene rings is 2. The van der Waals surface area contributed by atoms with Crippen LogP contribution in [0, 0.1) is 0 Å². The van der Waals surface area contributed by atoms with Gasteiger partial charge in [0.15, 0.2) is 0 Å². The summed E-state index contributed by atoms with van der Waals surface area (Å²) in [5.41, 5.74) is 6.75. The summed E-state index contributed by atoms with van der Waals surface area (Å²) < 4.78 is 2.12. The van der Waals surface area contributed by atoms with E-state index in [4.69, 9.17) is 0 Å². The number of carboxylic acids is 1. The molecule has 2 aromatic heterocycles. The van der Waals surface area contributed by atoms with Crippen molar-refractivity contribution in [2.75, 3.05) is 0 Å². The molecule has 1 N–H and O–H groups in total.